The van der Waals surface area contributed by atoms with Crippen molar-refractivity contribution in [3.63, 3.8) is 0 Å². The molecule has 1 aliphatic rings. The van der Waals surface area contributed by atoms with Gasteiger partial charge in [-0.05, 0) is 41.7 Å². The predicted molar refractivity (Wildman–Crippen MR) is 99.3 cm³/mol. The fourth-order valence-corrected chi connectivity index (χ4v) is 4.00. The Morgan fingerprint density at radius 1 is 1.32 bits per heavy atom. The molecule has 0 aliphatic carbocycles. The SMILES string of the molecule is COc1cc(C)c2c(c1C(C)C)C(CN)N(Cc1ccccc1F)C2. The number of fused-ring (bicyclic) bond motifs is 1. The summed E-state index contributed by atoms with van der Waals surface area (Å²) in [5.74, 6) is 1.11. The highest BCUT2D eigenvalue weighted by atomic mass is 19.1. The lowest BCUT2D eigenvalue weighted by Gasteiger charge is -2.26. The average Bonchev–Trinajstić information content (AvgIpc) is 2.94. The van der Waals surface area contributed by atoms with E-state index >= 15 is 0 Å². The highest BCUT2D eigenvalue weighted by Crippen LogP contribution is 2.44. The van der Waals surface area contributed by atoms with Gasteiger partial charge in [-0.1, -0.05) is 32.0 Å². The van der Waals surface area contributed by atoms with Crippen LogP contribution in [-0.2, 0) is 13.1 Å². The molecule has 0 fully saturated rings. The van der Waals surface area contributed by atoms with E-state index in [1.807, 2.05) is 12.1 Å². The first-order valence-electron chi connectivity index (χ1n) is 8.85. The van der Waals surface area contributed by atoms with Gasteiger partial charge in [-0.15, -0.1) is 0 Å². The third-order valence-corrected chi connectivity index (χ3v) is 5.19. The first-order valence-corrected chi connectivity index (χ1v) is 8.85. The van der Waals surface area contributed by atoms with Gasteiger partial charge in [0.05, 0.1) is 7.11 Å². The van der Waals surface area contributed by atoms with Gasteiger partial charge in [0.15, 0.2) is 0 Å². The summed E-state index contributed by atoms with van der Waals surface area (Å²) in [7, 11) is 1.72. The Hall–Kier alpha value is -1.91. The van der Waals surface area contributed by atoms with E-state index in [1.165, 1.54) is 28.3 Å². The van der Waals surface area contributed by atoms with Crippen LogP contribution in [0.5, 0.6) is 5.75 Å². The lowest BCUT2D eigenvalue weighted by Crippen LogP contribution is -2.28. The zero-order chi connectivity index (χ0) is 18.1. The zero-order valence-corrected chi connectivity index (χ0v) is 15.5. The molecule has 1 aliphatic heterocycles. The van der Waals surface area contributed by atoms with E-state index in [0.29, 0.717) is 24.6 Å². The maximum Gasteiger partial charge on any atom is 0.127 e. The molecule has 25 heavy (non-hydrogen) atoms. The van der Waals surface area contributed by atoms with Crippen LogP contribution >= 0.6 is 0 Å². The van der Waals surface area contributed by atoms with Crippen molar-refractivity contribution in [2.75, 3.05) is 13.7 Å². The summed E-state index contributed by atoms with van der Waals surface area (Å²) in [6.45, 7) is 8.34. The summed E-state index contributed by atoms with van der Waals surface area (Å²) >= 11 is 0. The lowest BCUT2D eigenvalue weighted by molar-refractivity contribution is 0.207. The van der Waals surface area contributed by atoms with Gasteiger partial charge in [-0.25, -0.2) is 4.39 Å². The number of nitrogens with zero attached hydrogens (tertiary/aromatic N) is 1. The molecular formula is C21H27FN2O. The van der Waals surface area contributed by atoms with Crippen LogP contribution in [0.3, 0.4) is 0 Å². The molecule has 0 aromatic heterocycles. The number of nitrogens with two attached hydrogens (primary N) is 1. The van der Waals surface area contributed by atoms with E-state index in [1.54, 1.807) is 13.2 Å². The number of rotatable bonds is 5. The van der Waals surface area contributed by atoms with Gasteiger partial charge in [0.1, 0.15) is 11.6 Å². The van der Waals surface area contributed by atoms with Crippen molar-refractivity contribution >= 4 is 0 Å². The number of aryl methyl sites for hydroxylation is 1. The van der Waals surface area contributed by atoms with E-state index in [2.05, 4.69) is 31.7 Å². The largest absolute Gasteiger partial charge is 0.496 e. The van der Waals surface area contributed by atoms with Crippen LogP contribution in [0.2, 0.25) is 0 Å². The third-order valence-electron chi connectivity index (χ3n) is 5.19. The number of hydrogen-bond donors (Lipinski definition) is 1. The van der Waals surface area contributed by atoms with Crippen LogP contribution in [0, 0.1) is 12.7 Å². The molecule has 3 rings (SSSR count). The van der Waals surface area contributed by atoms with Crippen molar-refractivity contribution < 1.29 is 9.13 Å². The van der Waals surface area contributed by atoms with E-state index in [9.17, 15) is 4.39 Å². The number of ether oxygens (including phenoxy) is 1. The number of benzene rings is 2. The molecule has 2 aromatic rings. The van der Waals surface area contributed by atoms with E-state index < -0.39 is 0 Å². The molecule has 4 heteroatoms. The van der Waals surface area contributed by atoms with Gasteiger partial charge in [0.25, 0.3) is 0 Å². The summed E-state index contributed by atoms with van der Waals surface area (Å²) in [6.07, 6.45) is 0. The Morgan fingerprint density at radius 2 is 2.04 bits per heavy atom. The Balaban J connectivity index is 2.05. The molecule has 3 nitrogen and oxygen atoms in total. The van der Waals surface area contributed by atoms with Gasteiger partial charge in [0.2, 0.25) is 0 Å². The summed E-state index contributed by atoms with van der Waals surface area (Å²) < 4.78 is 19.8. The summed E-state index contributed by atoms with van der Waals surface area (Å²) in [5, 5.41) is 0. The average molecular weight is 342 g/mol. The molecule has 0 saturated heterocycles. The first kappa shape index (κ1) is 17.9. The summed E-state index contributed by atoms with van der Waals surface area (Å²) in [5.41, 5.74) is 11.9. The van der Waals surface area contributed by atoms with E-state index in [4.69, 9.17) is 10.5 Å². The molecular weight excluding hydrogens is 315 g/mol. The van der Waals surface area contributed by atoms with Gasteiger partial charge < -0.3 is 10.5 Å². The molecule has 0 saturated carbocycles. The van der Waals surface area contributed by atoms with Gasteiger partial charge in [0, 0.05) is 36.8 Å². The van der Waals surface area contributed by atoms with Crippen LogP contribution in [0.25, 0.3) is 0 Å². The number of methoxy groups -OCH3 is 1. The fraction of sp³-hybridized carbons (Fsp3) is 0.429. The summed E-state index contributed by atoms with van der Waals surface area (Å²) in [6, 6.07) is 9.18. The molecule has 0 spiro atoms. The van der Waals surface area contributed by atoms with Crippen molar-refractivity contribution in [3.8, 4) is 5.75 Å². The minimum absolute atomic E-state index is 0.0841. The van der Waals surface area contributed by atoms with Gasteiger partial charge in [-0.2, -0.15) is 0 Å². The molecule has 1 atom stereocenters. The van der Waals surface area contributed by atoms with Gasteiger partial charge in [-0.3, -0.25) is 4.90 Å². The predicted octanol–water partition coefficient (Wildman–Crippen LogP) is 4.28. The second-order valence-electron chi connectivity index (χ2n) is 7.10. The maximum absolute atomic E-state index is 14.1. The Labute approximate surface area is 149 Å². The maximum atomic E-state index is 14.1. The zero-order valence-electron chi connectivity index (χ0n) is 15.5. The standard InChI is InChI=1S/C21H27FN2O/c1-13(2)20-19(25-4)9-14(3)16-12-24(18(10-23)21(16)20)11-15-7-5-6-8-17(15)22/h5-9,13,18H,10-12,23H2,1-4H3. The third kappa shape index (κ3) is 3.16. The van der Waals surface area contributed by atoms with Crippen molar-refractivity contribution in [1.29, 1.82) is 0 Å². The van der Waals surface area contributed by atoms with E-state index in [0.717, 1.165) is 12.3 Å². The summed E-state index contributed by atoms with van der Waals surface area (Å²) in [4.78, 5) is 2.28. The fourth-order valence-electron chi connectivity index (χ4n) is 4.00. The molecule has 0 radical (unpaired) electrons. The van der Waals surface area contributed by atoms with E-state index in [-0.39, 0.29) is 11.9 Å². The lowest BCUT2D eigenvalue weighted by atomic mass is 9.88. The molecule has 2 aromatic carbocycles. The van der Waals surface area contributed by atoms with Crippen molar-refractivity contribution in [2.24, 2.45) is 5.73 Å². The normalized spacial score (nSPS) is 17.2. The Kier molecular flexibility index (Phi) is 5.11. The number of hydrogen-bond acceptors (Lipinski definition) is 3. The van der Waals surface area contributed by atoms with Crippen molar-refractivity contribution in [1.82, 2.24) is 4.90 Å². The smallest absolute Gasteiger partial charge is 0.127 e. The minimum Gasteiger partial charge on any atom is -0.496 e. The highest BCUT2D eigenvalue weighted by Gasteiger charge is 2.35. The molecule has 134 valence electrons. The monoisotopic (exact) mass is 342 g/mol. The van der Waals surface area contributed by atoms with Crippen LogP contribution in [-0.4, -0.2) is 18.6 Å². The molecule has 0 amide bonds. The number of halogens is 1. The Bertz CT molecular complexity index is 773. The molecule has 1 unspecified atom stereocenters. The van der Waals surface area contributed by atoms with Crippen molar-refractivity contribution in [3.05, 3.63) is 64.0 Å². The highest BCUT2D eigenvalue weighted by molar-refractivity contribution is 5.54. The van der Waals surface area contributed by atoms with Crippen LogP contribution in [0.15, 0.2) is 30.3 Å². The minimum atomic E-state index is -0.160. The first-order chi connectivity index (χ1) is 12.0. The second kappa shape index (κ2) is 7.14. The quantitative estimate of drug-likeness (QED) is 0.881. The van der Waals surface area contributed by atoms with Crippen LogP contribution in [0.4, 0.5) is 4.39 Å². The van der Waals surface area contributed by atoms with Crippen LogP contribution in [0.1, 0.15) is 53.6 Å². The topological polar surface area (TPSA) is 38.5 Å². The van der Waals surface area contributed by atoms with Crippen LogP contribution < -0.4 is 10.5 Å². The molecule has 1 heterocycles. The van der Waals surface area contributed by atoms with Crippen molar-refractivity contribution in [2.45, 2.75) is 45.8 Å². The van der Waals surface area contributed by atoms with Gasteiger partial charge >= 0.3 is 0 Å². The Morgan fingerprint density at radius 3 is 2.64 bits per heavy atom. The second-order valence-corrected chi connectivity index (χ2v) is 7.10. The molecule has 0 bridgehead atoms. The molecule has 2 N–H and O–H groups in total.